The number of aromatic carboxylic acids is 1. The van der Waals surface area contributed by atoms with Gasteiger partial charge in [0.1, 0.15) is 5.02 Å². The Hall–Kier alpha value is -4.11. The van der Waals surface area contributed by atoms with Crippen LogP contribution in [0.1, 0.15) is 26.4 Å². The van der Waals surface area contributed by atoms with E-state index in [2.05, 4.69) is 30.9 Å². The maximum atomic E-state index is 12.1. The molecule has 0 aliphatic heterocycles. The van der Waals surface area contributed by atoms with Crippen LogP contribution in [-0.2, 0) is 0 Å². The monoisotopic (exact) mass is 450 g/mol. The first-order valence-electron chi connectivity index (χ1n) is 9.60. The highest BCUT2D eigenvalue weighted by molar-refractivity contribution is 6.33. The van der Waals surface area contributed by atoms with E-state index in [4.69, 9.17) is 11.6 Å². The molecule has 2 aromatic heterocycles. The van der Waals surface area contributed by atoms with Gasteiger partial charge in [0.05, 0.1) is 23.0 Å². The molecule has 0 fully saturated rings. The van der Waals surface area contributed by atoms with Crippen LogP contribution >= 0.6 is 11.6 Å². The molecule has 0 bridgehead atoms. The van der Waals surface area contributed by atoms with Crippen LogP contribution in [-0.4, -0.2) is 39.0 Å². The number of carbonyl (C=O) groups excluding carboxylic acids is 1. The number of carboxylic acid groups (broad SMARTS) is 1. The predicted octanol–water partition coefficient (Wildman–Crippen LogP) is 4.46. The van der Waals surface area contributed by atoms with Gasteiger partial charge in [-0.1, -0.05) is 23.7 Å². The third-order valence-electron chi connectivity index (χ3n) is 4.85. The molecule has 0 spiro atoms. The van der Waals surface area contributed by atoms with Crippen molar-refractivity contribution in [1.29, 1.82) is 0 Å². The zero-order valence-corrected chi connectivity index (χ0v) is 17.9. The van der Waals surface area contributed by atoms with E-state index in [0.29, 0.717) is 39.4 Å². The van der Waals surface area contributed by atoms with E-state index in [9.17, 15) is 14.7 Å². The second kappa shape index (κ2) is 8.56. The van der Waals surface area contributed by atoms with Crippen molar-refractivity contribution in [2.24, 2.45) is 0 Å². The molecule has 2 aromatic carbocycles. The largest absolute Gasteiger partial charge is 0.478 e. The number of benzene rings is 2. The van der Waals surface area contributed by atoms with Gasteiger partial charge in [0, 0.05) is 29.3 Å². The van der Waals surface area contributed by atoms with Gasteiger partial charge in [-0.3, -0.25) is 4.79 Å². The summed E-state index contributed by atoms with van der Waals surface area (Å²) in [6.07, 6.45) is 1.45. The first-order chi connectivity index (χ1) is 15.4. The molecule has 0 saturated heterocycles. The minimum Gasteiger partial charge on any atom is -0.478 e. The second-order valence-corrected chi connectivity index (χ2v) is 7.36. The van der Waals surface area contributed by atoms with Crippen molar-refractivity contribution in [3.8, 4) is 0 Å². The van der Waals surface area contributed by atoms with Gasteiger partial charge in [-0.25, -0.2) is 9.78 Å². The second-order valence-electron chi connectivity index (χ2n) is 6.96. The number of hydrogen-bond acceptors (Lipinski definition) is 6. The molecule has 32 heavy (non-hydrogen) atoms. The highest BCUT2D eigenvalue weighted by atomic mass is 35.5. The number of carboxylic acids is 1. The zero-order chi connectivity index (χ0) is 22.8. The lowest BCUT2D eigenvalue weighted by atomic mass is 10.1. The van der Waals surface area contributed by atoms with E-state index in [1.807, 2.05) is 0 Å². The number of carbonyl (C=O) groups is 2. The number of nitrogens with zero attached hydrogens (tertiary/aromatic N) is 2. The molecule has 4 aromatic rings. The quantitative estimate of drug-likeness (QED) is 0.293. The minimum atomic E-state index is -0.983. The Bertz CT molecular complexity index is 1350. The number of aryl methyl sites for hydroxylation is 1. The van der Waals surface area contributed by atoms with E-state index < -0.39 is 5.97 Å². The molecule has 0 aliphatic carbocycles. The number of para-hydroxylation sites is 1. The van der Waals surface area contributed by atoms with E-state index in [-0.39, 0.29) is 22.4 Å². The number of anilines is 4. The Morgan fingerprint density at radius 2 is 1.91 bits per heavy atom. The number of fused-ring (bicyclic) bond motifs is 1. The highest BCUT2D eigenvalue weighted by Crippen LogP contribution is 2.29. The standard InChI is InChI=1S/C22H19ClN6O3/c1-11-18(21(31)32)13-8-7-12(9-17(13)26-11)27-22-25-10-15(23)19(29-22)28-16-6-4-3-5-14(16)20(30)24-2/h3-10,26H,1-2H3,(H,24,30)(H,31,32)(H2,25,27,28,29). The van der Waals surface area contributed by atoms with Crippen LogP contribution < -0.4 is 16.0 Å². The van der Waals surface area contributed by atoms with Crippen LogP contribution in [0.25, 0.3) is 10.9 Å². The third kappa shape index (κ3) is 4.06. The summed E-state index contributed by atoms with van der Waals surface area (Å²) in [6, 6.07) is 12.2. The SMILES string of the molecule is CNC(=O)c1ccccc1Nc1nc(Nc2ccc3c(C(=O)O)c(C)[nH]c3c2)ncc1Cl. The molecule has 5 N–H and O–H groups in total. The molecule has 162 valence electrons. The zero-order valence-electron chi connectivity index (χ0n) is 17.2. The maximum absolute atomic E-state index is 12.1. The Balaban J connectivity index is 1.63. The fourth-order valence-electron chi connectivity index (χ4n) is 3.38. The molecular formula is C22H19ClN6O3. The lowest BCUT2D eigenvalue weighted by molar-refractivity contribution is 0.0698. The Labute approximate surface area is 187 Å². The summed E-state index contributed by atoms with van der Waals surface area (Å²) in [7, 11) is 1.56. The van der Waals surface area contributed by atoms with Gasteiger partial charge in [-0.2, -0.15) is 4.98 Å². The molecule has 0 saturated carbocycles. The topological polar surface area (TPSA) is 132 Å². The van der Waals surface area contributed by atoms with Gasteiger partial charge in [0.25, 0.3) is 5.91 Å². The van der Waals surface area contributed by atoms with Gasteiger partial charge in [-0.15, -0.1) is 0 Å². The van der Waals surface area contributed by atoms with Crippen LogP contribution in [0, 0.1) is 6.92 Å². The summed E-state index contributed by atoms with van der Waals surface area (Å²) in [4.78, 5) is 35.3. The fourth-order valence-corrected chi connectivity index (χ4v) is 3.52. The van der Waals surface area contributed by atoms with E-state index in [0.717, 1.165) is 0 Å². The highest BCUT2D eigenvalue weighted by Gasteiger charge is 2.16. The van der Waals surface area contributed by atoms with E-state index >= 15 is 0 Å². The fraction of sp³-hybridized carbons (Fsp3) is 0.0909. The van der Waals surface area contributed by atoms with Gasteiger partial charge < -0.3 is 26.0 Å². The molecule has 2 heterocycles. The molecular weight excluding hydrogens is 432 g/mol. The van der Waals surface area contributed by atoms with Crippen LogP contribution in [0.3, 0.4) is 0 Å². The van der Waals surface area contributed by atoms with Crippen LogP contribution in [0.5, 0.6) is 0 Å². The number of aromatic nitrogens is 3. The van der Waals surface area contributed by atoms with Crippen molar-refractivity contribution in [3.05, 3.63) is 70.5 Å². The molecule has 9 nitrogen and oxygen atoms in total. The number of rotatable bonds is 6. The molecule has 0 aliphatic rings. The number of hydrogen-bond donors (Lipinski definition) is 5. The van der Waals surface area contributed by atoms with Crippen LogP contribution in [0.4, 0.5) is 23.1 Å². The van der Waals surface area contributed by atoms with Crippen LogP contribution in [0.15, 0.2) is 48.7 Å². The number of nitrogens with one attached hydrogen (secondary N) is 4. The Morgan fingerprint density at radius 1 is 1.12 bits per heavy atom. The Morgan fingerprint density at radius 3 is 2.66 bits per heavy atom. The summed E-state index contributed by atoms with van der Waals surface area (Å²) in [6.45, 7) is 1.72. The summed E-state index contributed by atoms with van der Waals surface area (Å²) < 4.78 is 0. The van der Waals surface area contributed by atoms with E-state index in [1.165, 1.54) is 6.20 Å². The van der Waals surface area contributed by atoms with Crippen LogP contribution in [0.2, 0.25) is 5.02 Å². The molecule has 0 unspecified atom stereocenters. The van der Waals surface area contributed by atoms with Crippen molar-refractivity contribution >= 4 is 57.5 Å². The molecule has 0 radical (unpaired) electrons. The number of amides is 1. The van der Waals surface area contributed by atoms with Crippen molar-refractivity contribution in [3.63, 3.8) is 0 Å². The van der Waals surface area contributed by atoms with Gasteiger partial charge in [0.2, 0.25) is 5.95 Å². The lowest BCUT2D eigenvalue weighted by Crippen LogP contribution is -2.19. The van der Waals surface area contributed by atoms with Crippen molar-refractivity contribution in [2.75, 3.05) is 17.7 Å². The van der Waals surface area contributed by atoms with Crippen molar-refractivity contribution in [2.45, 2.75) is 6.92 Å². The summed E-state index contributed by atoms with van der Waals surface area (Å²) in [5.74, 6) is -0.629. The summed E-state index contributed by atoms with van der Waals surface area (Å²) in [5, 5.41) is 19.1. The average Bonchev–Trinajstić information content (AvgIpc) is 3.11. The molecule has 4 rings (SSSR count). The minimum absolute atomic E-state index is 0.244. The summed E-state index contributed by atoms with van der Waals surface area (Å²) in [5.41, 5.74) is 3.15. The van der Waals surface area contributed by atoms with Gasteiger partial charge in [0.15, 0.2) is 5.82 Å². The Kier molecular flexibility index (Phi) is 5.65. The van der Waals surface area contributed by atoms with Gasteiger partial charge >= 0.3 is 5.97 Å². The third-order valence-corrected chi connectivity index (χ3v) is 5.13. The summed E-state index contributed by atoms with van der Waals surface area (Å²) >= 11 is 6.27. The number of H-pyrrole nitrogens is 1. The van der Waals surface area contributed by atoms with E-state index in [1.54, 1.807) is 56.4 Å². The van der Waals surface area contributed by atoms with Crippen molar-refractivity contribution < 1.29 is 14.7 Å². The first kappa shape index (κ1) is 21.1. The average molecular weight is 451 g/mol. The molecule has 0 atom stereocenters. The molecule has 10 heteroatoms. The molecule has 1 amide bonds. The lowest BCUT2D eigenvalue weighted by Gasteiger charge is -2.13. The smallest absolute Gasteiger partial charge is 0.338 e. The maximum Gasteiger partial charge on any atom is 0.338 e. The van der Waals surface area contributed by atoms with Gasteiger partial charge in [-0.05, 0) is 37.3 Å². The number of aromatic amines is 1. The first-order valence-corrected chi connectivity index (χ1v) is 9.98. The normalized spacial score (nSPS) is 10.7. The predicted molar refractivity (Wildman–Crippen MR) is 123 cm³/mol. The van der Waals surface area contributed by atoms with Crippen molar-refractivity contribution in [1.82, 2.24) is 20.3 Å². The number of halogens is 1.